The fraction of sp³-hybridized carbons (Fsp3) is 0.238. The van der Waals surface area contributed by atoms with Crippen LogP contribution in [-0.4, -0.2) is 19.3 Å². The minimum atomic E-state index is -0.232. The molecule has 0 aromatic heterocycles. The molecular weight excluding hydrogens is 314 g/mol. The second kappa shape index (κ2) is 10.6. The average molecular weight is 339 g/mol. The van der Waals surface area contributed by atoms with Crippen LogP contribution in [0.1, 0.15) is 22.3 Å². The summed E-state index contributed by atoms with van der Waals surface area (Å²) < 4.78 is 11.6. The molecule has 0 spiro atoms. The summed E-state index contributed by atoms with van der Waals surface area (Å²) >= 11 is 0. The lowest BCUT2D eigenvalue weighted by molar-refractivity contribution is -0.0705. The van der Waals surface area contributed by atoms with Crippen LogP contribution in [0.5, 0.6) is 0 Å². The van der Waals surface area contributed by atoms with Crippen molar-refractivity contribution in [2.45, 2.75) is 19.3 Å². The Morgan fingerprint density at radius 1 is 0.880 bits per heavy atom. The van der Waals surface area contributed by atoms with Gasteiger partial charge in [0.2, 0.25) is 0 Å². The lowest BCUT2D eigenvalue weighted by atomic mass is 10.1. The van der Waals surface area contributed by atoms with Crippen molar-refractivity contribution in [3.63, 3.8) is 0 Å². The Kier molecular flexibility index (Phi) is 8.09. The molecule has 4 heteroatoms. The van der Waals surface area contributed by atoms with Crippen LogP contribution in [0.4, 0.5) is 0 Å². The zero-order valence-corrected chi connectivity index (χ0v) is 14.4. The zero-order valence-electron chi connectivity index (χ0n) is 14.4. The summed E-state index contributed by atoms with van der Waals surface area (Å²) in [5.74, 6) is 5.20. The molecule has 0 bridgehead atoms. The number of hydrogen-bond acceptors (Lipinski definition) is 4. The number of ether oxygens (including phenoxy) is 2. The van der Waals surface area contributed by atoms with Crippen molar-refractivity contribution in [2.24, 2.45) is 5.90 Å². The van der Waals surface area contributed by atoms with Crippen molar-refractivity contribution in [1.29, 1.82) is 0 Å². The topological polar surface area (TPSA) is 53.7 Å². The fourth-order valence-electron chi connectivity index (χ4n) is 2.33. The van der Waals surface area contributed by atoms with Gasteiger partial charge in [0.25, 0.3) is 0 Å². The van der Waals surface area contributed by atoms with Crippen molar-refractivity contribution in [3.8, 4) is 0 Å². The van der Waals surface area contributed by atoms with Gasteiger partial charge >= 0.3 is 0 Å². The largest absolute Gasteiger partial charge is 0.374 e. The maximum Gasteiger partial charge on any atom is 0.107 e. The number of hydrogen-bond donors (Lipinski definition) is 1. The summed E-state index contributed by atoms with van der Waals surface area (Å²) in [4.78, 5) is 4.74. The average Bonchev–Trinajstić information content (AvgIpc) is 2.66. The van der Waals surface area contributed by atoms with Gasteiger partial charge in [-0.1, -0.05) is 67.8 Å². The molecular formula is C21H25NO3. The van der Waals surface area contributed by atoms with E-state index < -0.39 is 0 Å². The molecule has 2 aromatic carbocycles. The van der Waals surface area contributed by atoms with E-state index >= 15 is 0 Å². The Morgan fingerprint density at radius 3 is 2.32 bits per heavy atom. The van der Waals surface area contributed by atoms with Gasteiger partial charge in [-0.3, -0.25) is 0 Å². The first-order chi connectivity index (χ1) is 12.2. The Hall–Kier alpha value is -2.24. The Morgan fingerprint density at radius 2 is 1.64 bits per heavy atom. The van der Waals surface area contributed by atoms with E-state index in [2.05, 4.69) is 13.2 Å². The number of benzene rings is 2. The molecule has 0 radical (unpaired) electrons. The van der Waals surface area contributed by atoms with E-state index in [9.17, 15) is 0 Å². The first-order valence-electron chi connectivity index (χ1n) is 8.19. The van der Waals surface area contributed by atoms with Gasteiger partial charge in [-0.2, -0.15) is 0 Å². The van der Waals surface area contributed by atoms with E-state index in [0.717, 1.165) is 22.3 Å². The molecule has 1 atom stereocenters. The maximum atomic E-state index is 5.86. The first-order valence-corrected chi connectivity index (χ1v) is 8.19. The molecule has 4 nitrogen and oxygen atoms in total. The van der Waals surface area contributed by atoms with Gasteiger partial charge in [0.1, 0.15) is 6.10 Å². The van der Waals surface area contributed by atoms with Gasteiger partial charge in [-0.25, -0.2) is 5.90 Å². The summed E-state index contributed by atoms with van der Waals surface area (Å²) in [7, 11) is 0. The van der Waals surface area contributed by atoms with Crippen LogP contribution in [0.15, 0.2) is 61.7 Å². The highest BCUT2D eigenvalue weighted by Crippen LogP contribution is 2.10. The minimum Gasteiger partial charge on any atom is -0.374 e. The molecule has 0 aliphatic rings. The van der Waals surface area contributed by atoms with Gasteiger partial charge in [-0.15, -0.1) is 0 Å². The molecule has 0 saturated heterocycles. The van der Waals surface area contributed by atoms with Gasteiger partial charge in [0, 0.05) is 0 Å². The van der Waals surface area contributed by atoms with Crippen LogP contribution in [0.25, 0.3) is 12.2 Å². The van der Waals surface area contributed by atoms with Crippen molar-refractivity contribution in [3.05, 3.63) is 83.9 Å². The maximum absolute atomic E-state index is 5.86. The zero-order chi connectivity index (χ0) is 17.9. The van der Waals surface area contributed by atoms with E-state index in [4.69, 9.17) is 20.2 Å². The number of nitrogens with two attached hydrogens (primary N) is 1. The van der Waals surface area contributed by atoms with Crippen molar-refractivity contribution in [1.82, 2.24) is 0 Å². The van der Waals surface area contributed by atoms with E-state index in [0.29, 0.717) is 19.8 Å². The van der Waals surface area contributed by atoms with E-state index in [1.165, 1.54) is 0 Å². The summed E-state index contributed by atoms with van der Waals surface area (Å²) in [6.45, 7) is 9.17. The summed E-state index contributed by atoms with van der Waals surface area (Å²) in [6.07, 6.45) is 3.39. The van der Waals surface area contributed by atoms with Crippen LogP contribution in [-0.2, 0) is 27.5 Å². The molecule has 0 heterocycles. The van der Waals surface area contributed by atoms with Crippen LogP contribution in [0.3, 0.4) is 0 Å². The van der Waals surface area contributed by atoms with Crippen molar-refractivity contribution in [2.75, 3.05) is 13.2 Å². The highest BCUT2D eigenvalue weighted by molar-refractivity contribution is 5.48. The van der Waals surface area contributed by atoms with Crippen LogP contribution < -0.4 is 5.90 Å². The molecule has 2 rings (SSSR count). The predicted molar refractivity (Wildman–Crippen MR) is 101 cm³/mol. The SMILES string of the molecule is C=Cc1ccc(COCC(CON)OCc2cccc(C=C)c2)cc1. The van der Waals surface area contributed by atoms with Crippen molar-refractivity contribution < 1.29 is 14.3 Å². The van der Waals surface area contributed by atoms with Gasteiger partial charge in [0.05, 0.1) is 26.4 Å². The first kappa shape index (κ1) is 19.1. The third-order valence-corrected chi connectivity index (χ3v) is 3.74. The number of rotatable bonds is 11. The summed E-state index contributed by atoms with van der Waals surface area (Å²) in [5, 5.41) is 0. The molecule has 2 aromatic rings. The van der Waals surface area contributed by atoms with E-state index in [1.54, 1.807) is 0 Å². The quantitative estimate of drug-likeness (QED) is 0.630. The highest BCUT2D eigenvalue weighted by atomic mass is 16.6. The molecule has 132 valence electrons. The molecule has 0 amide bonds. The Labute approximate surface area is 149 Å². The third kappa shape index (κ3) is 6.64. The summed E-state index contributed by atoms with van der Waals surface area (Å²) in [6, 6.07) is 16.1. The monoisotopic (exact) mass is 339 g/mol. The Balaban J connectivity index is 1.80. The third-order valence-electron chi connectivity index (χ3n) is 3.74. The van der Waals surface area contributed by atoms with Gasteiger partial charge < -0.3 is 14.3 Å². The molecule has 0 aliphatic carbocycles. The normalized spacial score (nSPS) is 11.9. The van der Waals surface area contributed by atoms with Crippen LogP contribution in [0, 0.1) is 0 Å². The van der Waals surface area contributed by atoms with Gasteiger partial charge in [-0.05, 0) is 28.3 Å². The molecule has 0 aliphatic heterocycles. The smallest absolute Gasteiger partial charge is 0.107 e. The van der Waals surface area contributed by atoms with Gasteiger partial charge in [0.15, 0.2) is 0 Å². The lowest BCUT2D eigenvalue weighted by Gasteiger charge is -2.17. The van der Waals surface area contributed by atoms with E-state index in [-0.39, 0.29) is 12.7 Å². The molecule has 25 heavy (non-hydrogen) atoms. The second-order valence-electron chi connectivity index (χ2n) is 5.68. The standard InChI is InChI=1S/C21H25NO3/c1-3-17-8-10-19(11-9-17)13-23-15-21(16-25-22)24-14-20-7-5-6-18(4-2)12-20/h3-12,21H,1-2,13-16,22H2. The summed E-state index contributed by atoms with van der Waals surface area (Å²) in [5.41, 5.74) is 4.31. The lowest BCUT2D eigenvalue weighted by Crippen LogP contribution is -2.27. The Bertz CT molecular complexity index is 667. The fourth-order valence-corrected chi connectivity index (χ4v) is 2.33. The van der Waals surface area contributed by atoms with Crippen LogP contribution in [0.2, 0.25) is 0 Å². The molecule has 1 unspecified atom stereocenters. The second-order valence-corrected chi connectivity index (χ2v) is 5.68. The molecule has 0 saturated carbocycles. The molecule has 0 fully saturated rings. The predicted octanol–water partition coefficient (Wildman–Crippen LogP) is 3.96. The molecule has 2 N–H and O–H groups in total. The highest BCUT2D eigenvalue weighted by Gasteiger charge is 2.10. The van der Waals surface area contributed by atoms with Crippen LogP contribution >= 0.6 is 0 Å². The van der Waals surface area contributed by atoms with E-state index in [1.807, 2.05) is 60.7 Å². The minimum absolute atomic E-state index is 0.232. The van der Waals surface area contributed by atoms with Crippen molar-refractivity contribution >= 4 is 12.2 Å².